The third kappa shape index (κ3) is 4.13. The van der Waals surface area contributed by atoms with E-state index < -0.39 is 17.8 Å². The molecule has 0 aromatic heterocycles. The van der Waals surface area contributed by atoms with Crippen molar-refractivity contribution in [2.75, 3.05) is 0 Å². The highest BCUT2D eigenvalue weighted by Crippen LogP contribution is 2.30. The van der Waals surface area contributed by atoms with Crippen LogP contribution >= 0.6 is 0 Å². The summed E-state index contributed by atoms with van der Waals surface area (Å²) in [6.45, 7) is 3.63. The lowest BCUT2D eigenvalue weighted by molar-refractivity contribution is -0.147. The van der Waals surface area contributed by atoms with Crippen molar-refractivity contribution in [1.29, 1.82) is 5.26 Å². The zero-order valence-electron chi connectivity index (χ0n) is 14.4. The van der Waals surface area contributed by atoms with Crippen LogP contribution in [0.25, 0.3) is 11.1 Å². The molecule has 0 heterocycles. The topological polar surface area (TPSA) is 78.2 Å². The highest BCUT2D eigenvalue weighted by Gasteiger charge is 2.32. The molecule has 0 aliphatic heterocycles. The Labute approximate surface area is 147 Å². The molecule has 4 heteroatoms. The van der Waals surface area contributed by atoms with Crippen LogP contribution in [0.5, 0.6) is 0 Å². The highest BCUT2D eigenvalue weighted by atomic mass is 16.4. The van der Waals surface area contributed by atoms with Crippen LogP contribution in [0.15, 0.2) is 48.5 Å². The number of carbonyl (C=O) groups is 2. The summed E-state index contributed by atoms with van der Waals surface area (Å²) in [5.41, 5.74) is 3.11. The SMILES string of the molecule is CCCC(=O)C(C(=O)O)C(C)c1ccc(-c2ccccc2C#N)cc1. The molecule has 4 nitrogen and oxygen atoms in total. The van der Waals surface area contributed by atoms with Crippen LogP contribution in [0.3, 0.4) is 0 Å². The average molecular weight is 335 g/mol. The van der Waals surface area contributed by atoms with Gasteiger partial charge >= 0.3 is 5.97 Å². The second-order valence-corrected chi connectivity index (χ2v) is 6.10. The number of aliphatic carboxylic acids is 1. The van der Waals surface area contributed by atoms with Gasteiger partial charge in [-0.3, -0.25) is 9.59 Å². The molecule has 0 saturated heterocycles. The summed E-state index contributed by atoms with van der Waals surface area (Å²) in [5.74, 6) is -2.75. The number of benzene rings is 2. The van der Waals surface area contributed by atoms with E-state index in [0.717, 1.165) is 16.7 Å². The van der Waals surface area contributed by atoms with Gasteiger partial charge in [0.15, 0.2) is 0 Å². The number of rotatable bonds is 7. The largest absolute Gasteiger partial charge is 0.481 e. The van der Waals surface area contributed by atoms with Gasteiger partial charge in [0.05, 0.1) is 11.6 Å². The minimum absolute atomic E-state index is 0.235. The lowest BCUT2D eigenvalue weighted by Gasteiger charge is -2.20. The van der Waals surface area contributed by atoms with Gasteiger partial charge in [0, 0.05) is 12.3 Å². The standard InChI is InChI=1S/C21H21NO3/c1-3-6-19(23)20(21(24)25)14(2)15-9-11-16(12-10-15)18-8-5-4-7-17(18)13-22/h4-5,7-12,14,20H,3,6H2,1-2H3,(H,24,25). The van der Waals surface area contributed by atoms with Gasteiger partial charge in [-0.05, 0) is 29.2 Å². The zero-order valence-corrected chi connectivity index (χ0v) is 14.4. The molecule has 2 rings (SSSR count). The number of carboxylic acids is 1. The van der Waals surface area contributed by atoms with Crippen molar-refractivity contribution >= 4 is 11.8 Å². The van der Waals surface area contributed by atoms with Gasteiger partial charge in [0.25, 0.3) is 0 Å². The third-order valence-electron chi connectivity index (χ3n) is 4.40. The van der Waals surface area contributed by atoms with E-state index in [-0.39, 0.29) is 12.2 Å². The number of nitrogens with zero attached hydrogens (tertiary/aromatic N) is 1. The number of nitriles is 1. The van der Waals surface area contributed by atoms with Crippen molar-refractivity contribution in [3.63, 3.8) is 0 Å². The second kappa shape index (κ2) is 8.25. The van der Waals surface area contributed by atoms with Gasteiger partial charge in [-0.15, -0.1) is 0 Å². The normalized spacial score (nSPS) is 12.8. The number of hydrogen-bond donors (Lipinski definition) is 1. The van der Waals surface area contributed by atoms with E-state index in [0.29, 0.717) is 12.0 Å². The summed E-state index contributed by atoms with van der Waals surface area (Å²) in [4.78, 5) is 23.7. The number of carbonyl (C=O) groups excluding carboxylic acids is 1. The van der Waals surface area contributed by atoms with E-state index in [2.05, 4.69) is 6.07 Å². The maximum Gasteiger partial charge on any atom is 0.314 e. The fourth-order valence-corrected chi connectivity index (χ4v) is 3.02. The van der Waals surface area contributed by atoms with Crippen molar-refractivity contribution < 1.29 is 14.7 Å². The minimum Gasteiger partial charge on any atom is -0.481 e. The minimum atomic E-state index is -1.08. The van der Waals surface area contributed by atoms with Gasteiger partial charge in [0.1, 0.15) is 11.7 Å². The van der Waals surface area contributed by atoms with E-state index in [4.69, 9.17) is 0 Å². The molecule has 2 atom stereocenters. The Kier molecular flexibility index (Phi) is 6.08. The fourth-order valence-electron chi connectivity index (χ4n) is 3.02. The molecule has 128 valence electrons. The van der Waals surface area contributed by atoms with Crippen LogP contribution in [0, 0.1) is 17.2 Å². The maximum atomic E-state index is 12.2. The van der Waals surface area contributed by atoms with Crippen LogP contribution in [-0.4, -0.2) is 16.9 Å². The van der Waals surface area contributed by atoms with E-state index in [1.165, 1.54) is 0 Å². The molecule has 0 fully saturated rings. The fraction of sp³-hybridized carbons (Fsp3) is 0.286. The molecule has 1 N–H and O–H groups in total. The summed E-state index contributed by atoms with van der Waals surface area (Å²) >= 11 is 0. The van der Waals surface area contributed by atoms with Crippen molar-refractivity contribution in [3.8, 4) is 17.2 Å². The number of carboxylic acid groups (broad SMARTS) is 1. The van der Waals surface area contributed by atoms with E-state index in [1.807, 2.05) is 49.4 Å². The van der Waals surface area contributed by atoms with Crippen LogP contribution in [-0.2, 0) is 9.59 Å². The number of Topliss-reactive ketones (excluding diaryl/α,β-unsaturated/α-hetero) is 1. The number of hydrogen-bond acceptors (Lipinski definition) is 3. The van der Waals surface area contributed by atoms with Gasteiger partial charge in [0.2, 0.25) is 0 Å². The summed E-state index contributed by atoms with van der Waals surface area (Å²) in [6.07, 6.45) is 0.911. The Morgan fingerprint density at radius 1 is 1.12 bits per heavy atom. The molecule has 2 aromatic rings. The monoisotopic (exact) mass is 335 g/mol. The van der Waals surface area contributed by atoms with Crippen molar-refractivity contribution in [2.45, 2.75) is 32.6 Å². The molecule has 0 amide bonds. The summed E-state index contributed by atoms with van der Waals surface area (Å²) in [7, 11) is 0. The molecule has 0 bridgehead atoms. The molecular formula is C21H21NO3. The van der Waals surface area contributed by atoms with Gasteiger partial charge in [-0.25, -0.2) is 0 Å². The van der Waals surface area contributed by atoms with Crippen molar-refractivity contribution in [1.82, 2.24) is 0 Å². The third-order valence-corrected chi connectivity index (χ3v) is 4.40. The first-order valence-corrected chi connectivity index (χ1v) is 8.34. The van der Waals surface area contributed by atoms with Crippen LogP contribution in [0.1, 0.15) is 43.7 Å². The number of ketones is 1. The molecular weight excluding hydrogens is 314 g/mol. The van der Waals surface area contributed by atoms with E-state index >= 15 is 0 Å². The Morgan fingerprint density at radius 2 is 1.76 bits per heavy atom. The Bertz CT molecular complexity index is 803. The molecule has 25 heavy (non-hydrogen) atoms. The quantitative estimate of drug-likeness (QED) is 0.761. The summed E-state index contributed by atoms with van der Waals surface area (Å²) in [6, 6.07) is 16.9. The Morgan fingerprint density at radius 3 is 2.32 bits per heavy atom. The smallest absolute Gasteiger partial charge is 0.314 e. The molecule has 0 aliphatic rings. The van der Waals surface area contributed by atoms with Gasteiger partial charge in [-0.2, -0.15) is 5.26 Å². The first-order valence-electron chi connectivity index (χ1n) is 8.34. The predicted octanol–water partition coefficient (Wildman–Crippen LogP) is 4.40. The lowest BCUT2D eigenvalue weighted by atomic mass is 9.83. The first kappa shape index (κ1) is 18.4. The molecule has 0 radical (unpaired) electrons. The molecule has 0 aliphatic carbocycles. The molecule has 0 saturated carbocycles. The summed E-state index contributed by atoms with van der Waals surface area (Å²) in [5, 5.41) is 18.7. The van der Waals surface area contributed by atoms with Gasteiger partial charge in [-0.1, -0.05) is 56.3 Å². The van der Waals surface area contributed by atoms with E-state index in [9.17, 15) is 20.0 Å². The van der Waals surface area contributed by atoms with Gasteiger partial charge < -0.3 is 5.11 Å². The zero-order chi connectivity index (χ0) is 18.4. The maximum absolute atomic E-state index is 12.2. The van der Waals surface area contributed by atoms with Crippen LogP contribution < -0.4 is 0 Å². The second-order valence-electron chi connectivity index (χ2n) is 6.10. The highest BCUT2D eigenvalue weighted by molar-refractivity contribution is 5.99. The Balaban J connectivity index is 2.31. The molecule has 2 unspecified atom stereocenters. The first-order chi connectivity index (χ1) is 12.0. The Hall–Kier alpha value is -2.93. The van der Waals surface area contributed by atoms with Crippen LogP contribution in [0.4, 0.5) is 0 Å². The average Bonchev–Trinajstić information content (AvgIpc) is 2.61. The molecule has 2 aromatic carbocycles. The molecule has 0 spiro atoms. The summed E-state index contributed by atoms with van der Waals surface area (Å²) < 4.78 is 0. The lowest BCUT2D eigenvalue weighted by Crippen LogP contribution is -2.28. The van der Waals surface area contributed by atoms with Crippen molar-refractivity contribution in [3.05, 3.63) is 59.7 Å². The van der Waals surface area contributed by atoms with Crippen molar-refractivity contribution in [2.24, 2.45) is 5.92 Å². The van der Waals surface area contributed by atoms with E-state index in [1.54, 1.807) is 13.0 Å². The predicted molar refractivity (Wildman–Crippen MR) is 96.0 cm³/mol. The van der Waals surface area contributed by atoms with Crippen LogP contribution in [0.2, 0.25) is 0 Å².